The lowest BCUT2D eigenvalue weighted by atomic mass is 9.93. The number of pyridine rings is 1. The van der Waals surface area contributed by atoms with Crippen LogP contribution in [0, 0.1) is 0 Å². The lowest BCUT2D eigenvalue weighted by Gasteiger charge is -2.29. The van der Waals surface area contributed by atoms with Crippen LogP contribution < -0.4 is 5.32 Å². The van der Waals surface area contributed by atoms with Crippen LogP contribution in [0.5, 0.6) is 0 Å². The van der Waals surface area contributed by atoms with Gasteiger partial charge in [-0.3, -0.25) is 10.3 Å². The van der Waals surface area contributed by atoms with Crippen LogP contribution in [-0.2, 0) is 36.4 Å². The summed E-state index contributed by atoms with van der Waals surface area (Å²) in [4.78, 5) is 8.87. The Morgan fingerprint density at radius 1 is 1.12 bits per heavy atom. The molecule has 10 nitrogen and oxygen atoms in total. The van der Waals surface area contributed by atoms with Crippen molar-refractivity contribution in [2.24, 2.45) is 0 Å². The Balaban J connectivity index is 1.54. The van der Waals surface area contributed by atoms with Crippen LogP contribution in [0.1, 0.15) is 49.1 Å². The molecule has 1 atom stereocenters. The van der Waals surface area contributed by atoms with Gasteiger partial charge in [0.25, 0.3) is 5.89 Å². The standard InChI is InChI=1S/C23H28N8O2/c1-3-32-17-21-26-20(28-33-21)15-25-23(2,13-12-19-11-7-8-14-24-19)22-27-29-30-31(22)16-18-9-5-4-6-10-18/h4-11,14,25H,3,12-13,15-17H2,1-2H3. The summed E-state index contributed by atoms with van der Waals surface area (Å²) in [5.74, 6) is 1.74. The van der Waals surface area contributed by atoms with Gasteiger partial charge < -0.3 is 9.26 Å². The number of aromatic nitrogens is 7. The molecular weight excluding hydrogens is 420 g/mol. The molecule has 3 aromatic heterocycles. The second kappa shape index (κ2) is 10.9. The van der Waals surface area contributed by atoms with E-state index in [1.54, 1.807) is 6.20 Å². The van der Waals surface area contributed by atoms with Crippen molar-refractivity contribution in [3.63, 3.8) is 0 Å². The first-order chi connectivity index (χ1) is 16.2. The fourth-order valence-corrected chi connectivity index (χ4v) is 3.55. The number of tetrazole rings is 1. The molecule has 1 unspecified atom stereocenters. The molecule has 0 aliphatic carbocycles. The number of hydrogen-bond donors (Lipinski definition) is 1. The van der Waals surface area contributed by atoms with Crippen LogP contribution in [-0.4, -0.2) is 41.9 Å². The lowest BCUT2D eigenvalue weighted by molar-refractivity contribution is 0.109. The zero-order valence-corrected chi connectivity index (χ0v) is 18.9. The molecule has 0 fully saturated rings. The molecule has 0 spiro atoms. The number of nitrogens with zero attached hydrogens (tertiary/aromatic N) is 7. The highest BCUT2D eigenvalue weighted by Crippen LogP contribution is 2.25. The zero-order chi connectivity index (χ0) is 22.9. The fraction of sp³-hybridized carbons (Fsp3) is 0.391. The number of nitrogens with one attached hydrogen (secondary N) is 1. The molecule has 3 heterocycles. The van der Waals surface area contributed by atoms with Gasteiger partial charge in [0.05, 0.1) is 18.6 Å². The number of aryl methyl sites for hydroxylation is 1. The number of benzene rings is 1. The first kappa shape index (κ1) is 22.7. The topological polar surface area (TPSA) is 117 Å². The molecule has 0 saturated carbocycles. The van der Waals surface area contributed by atoms with Crippen molar-refractivity contribution in [3.8, 4) is 0 Å². The zero-order valence-electron chi connectivity index (χ0n) is 18.9. The molecule has 0 amide bonds. The van der Waals surface area contributed by atoms with Crippen LogP contribution in [0.2, 0.25) is 0 Å². The SMILES string of the molecule is CCOCc1nc(CNC(C)(CCc2ccccn2)c2nnnn2Cc2ccccc2)no1. The summed E-state index contributed by atoms with van der Waals surface area (Å²) in [6, 6.07) is 16.1. The van der Waals surface area contributed by atoms with Crippen LogP contribution in [0.15, 0.2) is 59.3 Å². The average molecular weight is 449 g/mol. The lowest BCUT2D eigenvalue weighted by Crippen LogP contribution is -2.42. The van der Waals surface area contributed by atoms with E-state index in [4.69, 9.17) is 9.26 Å². The minimum atomic E-state index is -0.559. The first-order valence-electron chi connectivity index (χ1n) is 11.0. The summed E-state index contributed by atoms with van der Waals surface area (Å²) in [7, 11) is 0. The molecule has 0 saturated heterocycles. The van der Waals surface area contributed by atoms with Crippen molar-refractivity contribution in [2.45, 2.75) is 51.9 Å². The maximum atomic E-state index is 5.34. The molecule has 0 bridgehead atoms. The normalized spacial score (nSPS) is 13.2. The van der Waals surface area contributed by atoms with Gasteiger partial charge >= 0.3 is 0 Å². The van der Waals surface area contributed by atoms with Gasteiger partial charge in [-0.25, -0.2) is 4.68 Å². The average Bonchev–Trinajstić information content (AvgIpc) is 3.51. The highest BCUT2D eigenvalue weighted by atomic mass is 16.5. The summed E-state index contributed by atoms with van der Waals surface area (Å²) in [5, 5.41) is 20.2. The van der Waals surface area contributed by atoms with E-state index in [1.165, 1.54) is 0 Å². The number of hydrogen-bond acceptors (Lipinski definition) is 9. The summed E-state index contributed by atoms with van der Waals surface area (Å²) < 4.78 is 12.4. The first-order valence-corrected chi connectivity index (χ1v) is 11.0. The monoisotopic (exact) mass is 448 g/mol. The van der Waals surface area contributed by atoms with E-state index in [0.717, 1.165) is 29.9 Å². The molecule has 172 valence electrons. The summed E-state index contributed by atoms with van der Waals surface area (Å²) in [6.07, 6.45) is 3.28. The molecule has 10 heteroatoms. The number of rotatable bonds is 12. The minimum Gasteiger partial charge on any atom is -0.372 e. The van der Waals surface area contributed by atoms with Gasteiger partial charge in [0.1, 0.15) is 6.61 Å². The third kappa shape index (κ3) is 6.05. The predicted octanol–water partition coefficient (Wildman–Crippen LogP) is 2.67. The van der Waals surface area contributed by atoms with Crippen LogP contribution in [0.25, 0.3) is 0 Å². The van der Waals surface area contributed by atoms with Gasteiger partial charge in [-0.1, -0.05) is 41.6 Å². The highest BCUT2D eigenvalue weighted by Gasteiger charge is 2.33. The van der Waals surface area contributed by atoms with E-state index in [-0.39, 0.29) is 0 Å². The van der Waals surface area contributed by atoms with Gasteiger partial charge in [0, 0.05) is 18.5 Å². The van der Waals surface area contributed by atoms with Crippen molar-refractivity contribution in [1.82, 2.24) is 40.6 Å². The third-order valence-electron chi connectivity index (χ3n) is 5.38. The second-order valence-corrected chi connectivity index (χ2v) is 7.89. The third-order valence-corrected chi connectivity index (χ3v) is 5.38. The van der Waals surface area contributed by atoms with E-state index in [0.29, 0.717) is 38.0 Å². The Hall–Kier alpha value is -3.50. The van der Waals surface area contributed by atoms with Gasteiger partial charge in [-0.2, -0.15) is 4.98 Å². The van der Waals surface area contributed by atoms with Crippen molar-refractivity contribution in [2.75, 3.05) is 6.61 Å². The second-order valence-electron chi connectivity index (χ2n) is 7.89. The van der Waals surface area contributed by atoms with E-state index in [2.05, 4.69) is 55.0 Å². The minimum absolute atomic E-state index is 0.301. The largest absolute Gasteiger partial charge is 0.372 e. The van der Waals surface area contributed by atoms with Gasteiger partial charge in [0.15, 0.2) is 11.6 Å². The van der Waals surface area contributed by atoms with Crippen molar-refractivity contribution in [3.05, 3.63) is 83.5 Å². The van der Waals surface area contributed by atoms with E-state index in [9.17, 15) is 0 Å². The number of ether oxygens (including phenoxy) is 1. The predicted molar refractivity (Wildman–Crippen MR) is 120 cm³/mol. The van der Waals surface area contributed by atoms with Crippen LogP contribution in [0.3, 0.4) is 0 Å². The molecule has 1 N–H and O–H groups in total. The van der Waals surface area contributed by atoms with Crippen molar-refractivity contribution < 1.29 is 9.26 Å². The summed E-state index contributed by atoms with van der Waals surface area (Å²) >= 11 is 0. The van der Waals surface area contributed by atoms with E-state index < -0.39 is 5.54 Å². The van der Waals surface area contributed by atoms with Gasteiger partial charge in [-0.15, -0.1) is 5.10 Å². The summed E-state index contributed by atoms with van der Waals surface area (Å²) in [5.41, 5.74) is 1.57. The Bertz CT molecular complexity index is 1120. The summed E-state index contributed by atoms with van der Waals surface area (Å²) in [6.45, 7) is 5.87. The molecule has 1 aromatic carbocycles. The van der Waals surface area contributed by atoms with Gasteiger partial charge in [0.2, 0.25) is 0 Å². The quantitative estimate of drug-likeness (QED) is 0.349. The Labute approximate surface area is 192 Å². The van der Waals surface area contributed by atoms with Gasteiger partial charge in [-0.05, 0) is 54.8 Å². The van der Waals surface area contributed by atoms with Crippen LogP contribution in [0.4, 0.5) is 0 Å². The highest BCUT2D eigenvalue weighted by molar-refractivity contribution is 5.16. The molecule has 4 aromatic rings. The molecule has 33 heavy (non-hydrogen) atoms. The molecule has 4 rings (SSSR count). The van der Waals surface area contributed by atoms with E-state index >= 15 is 0 Å². The van der Waals surface area contributed by atoms with E-state index in [1.807, 2.05) is 48.0 Å². The molecule has 0 aliphatic rings. The Morgan fingerprint density at radius 3 is 2.76 bits per heavy atom. The molecule has 0 radical (unpaired) electrons. The fourth-order valence-electron chi connectivity index (χ4n) is 3.55. The maximum absolute atomic E-state index is 5.34. The Morgan fingerprint density at radius 2 is 1.97 bits per heavy atom. The smallest absolute Gasteiger partial charge is 0.252 e. The van der Waals surface area contributed by atoms with Crippen LogP contribution >= 0.6 is 0 Å². The Kier molecular flexibility index (Phi) is 7.48. The molecular formula is C23H28N8O2. The van der Waals surface area contributed by atoms with Crippen molar-refractivity contribution >= 4 is 0 Å². The maximum Gasteiger partial charge on any atom is 0.252 e. The van der Waals surface area contributed by atoms with Crippen molar-refractivity contribution in [1.29, 1.82) is 0 Å². The molecule has 0 aliphatic heterocycles.